The summed E-state index contributed by atoms with van der Waals surface area (Å²) in [6, 6.07) is 0.246. The van der Waals surface area contributed by atoms with Crippen LogP contribution in [0.5, 0.6) is 0 Å². The van der Waals surface area contributed by atoms with E-state index in [2.05, 4.69) is 22.6 Å². The molecule has 0 radical (unpaired) electrons. The topological polar surface area (TPSA) is 44.4 Å². The molecule has 4 nitrogen and oxygen atoms in total. The fraction of sp³-hybridized carbons (Fsp3) is 0.923. The van der Waals surface area contributed by atoms with Crippen LogP contribution in [-0.4, -0.2) is 50.1 Å². The first-order valence-electron chi connectivity index (χ1n) is 6.76. The van der Waals surface area contributed by atoms with E-state index < -0.39 is 0 Å². The van der Waals surface area contributed by atoms with E-state index in [-0.39, 0.29) is 11.9 Å². The van der Waals surface area contributed by atoms with Gasteiger partial charge in [0.25, 0.3) is 0 Å². The molecule has 1 unspecified atom stereocenters. The van der Waals surface area contributed by atoms with Crippen LogP contribution in [0.15, 0.2) is 0 Å². The Kier molecular flexibility index (Phi) is 6.52. The van der Waals surface area contributed by atoms with E-state index in [1.165, 1.54) is 12.8 Å². The fourth-order valence-electron chi connectivity index (χ4n) is 2.30. The predicted octanol–water partition coefficient (Wildman–Crippen LogP) is 0.833. The molecule has 100 valence electrons. The molecule has 1 aliphatic heterocycles. The molecule has 0 aromatic heterocycles. The van der Waals surface area contributed by atoms with Crippen molar-refractivity contribution in [2.45, 2.75) is 39.2 Å². The molecule has 2 N–H and O–H groups in total. The van der Waals surface area contributed by atoms with Crippen molar-refractivity contribution in [2.24, 2.45) is 5.92 Å². The molecule has 1 saturated heterocycles. The quantitative estimate of drug-likeness (QED) is 0.724. The van der Waals surface area contributed by atoms with Crippen LogP contribution in [0.1, 0.15) is 33.1 Å². The van der Waals surface area contributed by atoms with Gasteiger partial charge in [0.1, 0.15) is 0 Å². The molecule has 17 heavy (non-hydrogen) atoms. The molecular formula is C13H27N3O. The lowest BCUT2D eigenvalue weighted by Crippen LogP contribution is -2.38. The highest BCUT2D eigenvalue weighted by Gasteiger charge is 2.15. The Hall–Kier alpha value is -0.610. The van der Waals surface area contributed by atoms with Gasteiger partial charge in [-0.15, -0.1) is 0 Å². The normalized spacial score (nSPS) is 20.9. The van der Waals surface area contributed by atoms with Crippen LogP contribution in [0.25, 0.3) is 0 Å². The van der Waals surface area contributed by atoms with Gasteiger partial charge in [-0.1, -0.05) is 0 Å². The molecule has 0 bridgehead atoms. The highest BCUT2D eigenvalue weighted by Crippen LogP contribution is 2.10. The van der Waals surface area contributed by atoms with Gasteiger partial charge in [0.15, 0.2) is 0 Å². The summed E-state index contributed by atoms with van der Waals surface area (Å²) >= 11 is 0. The number of rotatable bonds is 6. The highest BCUT2D eigenvalue weighted by atomic mass is 16.1. The summed E-state index contributed by atoms with van der Waals surface area (Å²) < 4.78 is 0. The van der Waals surface area contributed by atoms with Gasteiger partial charge < -0.3 is 15.5 Å². The molecule has 0 aromatic carbocycles. The molecule has 1 fully saturated rings. The van der Waals surface area contributed by atoms with E-state index in [1.54, 1.807) is 0 Å². The number of hydrogen-bond donors (Lipinski definition) is 2. The second kappa shape index (κ2) is 7.67. The summed E-state index contributed by atoms with van der Waals surface area (Å²) in [5.74, 6) is 0.913. The van der Waals surface area contributed by atoms with Crippen LogP contribution in [-0.2, 0) is 4.79 Å². The average Bonchev–Trinajstić information content (AvgIpc) is 2.27. The Morgan fingerprint density at radius 3 is 2.88 bits per heavy atom. The first-order valence-corrected chi connectivity index (χ1v) is 6.76. The molecule has 0 aromatic rings. The Balaban J connectivity index is 2.11. The second-order valence-electron chi connectivity index (χ2n) is 5.45. The number of carbonyl (C=O) groups is 1. The summed E-state index contributed by atoms with van der Waals surface area (Å²) in [6.45, 7) is 8.24. The van der Waals surface area contributed by atoms with E-state index in [4.69, 9.17) is 0 Å². The highest BCUT2D eigenvalue weighted by molar-refractivity contribution is 5.76. The van der Waals surface area contributed by atoms with Crippen LogP contribution in [0.3, 0.4) is 0 Å². The molecule has 1 atom stereocenters. The third kappa shape index (κ3) is 6.64. The molecule has 1 amide bonds. The molecule has 0 aliphatic carbocycles. The van der Waals surface area contributed by atoms with E-state index in [0.29, 0.717) is 6.42 Å². The lowest BCUT2D eigenvalue weighted by Gasteiger charge is -2.27. The minimum absolute atomic E-state index is 0.161. The smallest absolute Gasteiger partial charge is 0.221 e. The van der Waals surface area contributed by atoms with Crippen LogP contribution < -0.4 is 10.6 Å². The van der Waals surface area contributed by atoms with Gasteiger partial charge >= 0.3 is 0 Å². The maximum atomic E-state index is 11.5. The van der Waals surface area contributed by atoms with E-state index in [0.717, 1.165) is 32.1 Å². The maximum Gasteiger partial charge on any atom is 0.221 e. The first kappa shape index (κ1) is 14.5. The van der Waals surface area contributed by atoms with Crippen LogP contribution >= 0.6 is 0 Å². The molecular weight excluding hydrogens is 214 g/mol. The molecule has 1 heterocycles. The molecule has 0 spiro atoms. The minimum atomic E-state index is 0.161. The average molecular weight is 241 g/mol. The standard InChI is InChI=1S/C13H27N3O/c1-11(2)15-13(17)6-8-16(3)10-12-5-4-7-14-9-12/h11-12,14H,4-10H2,1-3H3,(H,15,17). The zero-order valence-electron chi connectivity index (χ0n) is 11.5. The van der Waals surface area contributed by atoms with Gasteiger partial charge in [-0.3, -0.25) is 4.79 Å². The van der Waals surface area contributed by atoms with E-state index in [9.17, 15) is 4.79 Å². The van der Waals surface area contributed by atoms with Crippen molar-refractivity contribution in [3.05, 3.63) is 0 Å². The lowest BCUT2D eigenvalue weighted by atomic mass is 9.99. The summed E-state index contributed by atoms with van der Waals surface area (Å²) in [6.07, 6.45) is 3.21. The Bertz CT molecular complexity index is 225. The third-order valence-corrected chi connectivity index (χ3v) is 3.14. The number of hydrogen-bond acceptors (Lipinski definition) is 3. The molecule has 4 heteroatoms. The summed E-state index contributed by atoms with van der Waals surface area (Å²) in [7, 11) is 2.11. The SMILES string of the molecule is CC(C)NC(=O)CCN(C)CC1CCCNC1. The van der Waals surface area contributed by atoms with Crippen LogP contribution in [0.4, 0.5) is 0 Å². The van der Waals surface area contributed by atoms with Crippen molar-refractivity contribution in [3.63, 3.8) is 0 Å². The Labute approximate surface area is 105 Å². The van der Waals surface area contributed by atoms with Gasteiger partial charge in [-0.25, -0.2) is 0 Å². The van der Waals surface area contributed by atoms with Crippen LogP contribution in [0.2, 0.25) is 0 Å². The maximum absolute atomic E-state index is 11.5. The van der Waals surface area contributed by atoms with Crippen molar-refractivity contribution < 1.29 is 4.79 Å². The third-order valence-electron chi connectivity index (χ3n) is 3.14. The Morgan fingerprint density at radius 2 is 2.29 bits per heavy atom. The van der Waals surface area contributed by atoms with Gasteiger partial charge in [0, 0.05) is 25.6 Å². The summed E-state index contributed by atoms with van der Waals surface area (Å²) in [5, 5.41) is 6.35. The van der Waals surface area contributed by atoms with Crippen LogP contribution in [0, 0.1) is 5.92 Å². The predicted molar refractivity (Wildman–Crippen MR) is 71.0 cm³/mol. The minimum Gasteiger partial charge on any atom is -0.354 e. The van der Waals surface area contributed by atoms with E-state index in [1.807, 2.05) is 13.8 Å². The summed E-state index contributed by atoms with van der Waals surface area (Å²) in [5.41, 5.74) is 0. The number of nitrogens with one attached hydrogen (secondary N) is 2. The van der Waals surface area contributed by atoms with Crippen molar-refractivity contribution >= 4 is 5.91 Å². The van der Waals surface area contributed by atoms with Crippen molar-refractivity contribution in [1.82, 2.24) is 15.5 Å². The van der Waals surface area contributed by atoms with Gasteiger partial charge in [0.05, 0.1) is 0 Å². The van der Waals surface area contributed by atoms with Crippen molar-refractivity contribution in [2.75, 3.05) is 33.2 Å². The molecule has 1 rings (SSSR count). The zero-order valence-corrected chi connectivity index (χ0v) is 11.5. The molecule has 0 saturated carbocycles. The van der Waals surface area contributed by atoms with E-state index >= 15 is 0 Å². The number of carbonyl (C=O) groups excluding carboxylic acids is 1. The monoisotopic (exact) mass is 241 g/mol. The van der Waals surface area contributed by atoms with Gasteiger partial charge in [0.2, 0.25) is 5.91 Å². The number of amides is 1. The largest absolute Gasteiger partial charge is 0.354 e. The molecule has 1 aliphatic rings. The zero-order chi connectivity index (χ0) is 12.7. The number of nitrogens with zero attached hydrogens (tertiary/aromatic N) is 1. The van der Waals surface area contributed by atoms with Gasteiger partial charge in [-0.05, 0) is 52.7 Å². The van der Waals surface area contributed by atoms with Crippen molar-refractivity contribution in [1.29, 1.82) is 0 Å². The first-order chi connectivity index (χ1) is 8.08. The van der Waals surface area contributed by atoms with Gasteiger partial charge in [-0.2, -0.15) is 0 Å². The summed E-state index contributed by atoms with van der Waals surface area (Å²) in [4.78, 5) is 13.8. The van der Waals surface area contributed by atoms with Crippen molar-refractivity contribution in [3.8, 4) is 0 Å². The fourth-order valence-corrected chi connectivity index (χ4v) is 2.30. The Morgan fingerprint density at radius 1 is 1.53 bits per heavy atom. The number of piperidine rings is 1. The lowest BCUT2D eigenvalue weighted by molar-refractivity contribution is -0.121. The second-order valence-corrected chi connectivity index (χ2v) is 5.45.